The molecule has 0 bridgehead atoms. The third-order valence-electron chi connectivity index (χ3n) is 2.87. The van der Waals surface area contributed by atoms with E-state index in [1.165, 1.54) is 16.7 Å². The summed E-state index contributed by atoms with van der Waals surface area (Å²) in [6, 6.07) is 6.26. The van der Waals surface area contributed by atoms with Crippen molar-refractivity contribution in [2.45, 2.75) is 0 Å². The number of nitrogens with zero attached hydrogens (tertiary/aromatic N) is 4. The Labute approximate surface area is 124 Å². The summed E-state index contributed by atoms with van der Waals surface area (Å²) in [5, 5.41) is 12.6. The van der Waals surface area contributed by atoms with E-state index < -0.39 is 22.9 Å². The molecule has 0 spiro atoms. The van der Waals surface area contributed by atoms with Crippen LogP contribution in [0.25, 0.3) is 11.3 Å². The molecule has 0 aliphatic heterocycles. The molecular formula is C13H5BrF2N4O. The zero-order valence-electron chi connectivity index (χ0n) is 10.2. The summed E-state index contributed by atoms with van der Waals surface area (Å²) in [6.45, 7) is 0. The standard InChI is InChI=1S/C13H5BrF2N4O/c14-8-1-2-12-18-20(13(21)19(12)6-8)11-4-9(15)7(5-17)3-10(11)16/h1-4,6H. The molecular weight excluding hydrogens is 346 g/mol. The van der Waals surface area contributed by atoms with Crippen LogP contribution in [0.3, 0.4) is 0 Å². The Hall–Kier alpha value is -2.53. The van der Waals surface area contributed by atoms with Gasteiger partial charge < -0.3 is 0 Å². The predicted molar refractivity (Wildman–Crippen MR) is 73.1 cm³/mol. The molecule has 0 atom stereocenters. The van der Waals surface area contributed by atoms with Crippen LogP contribution < -0.4 is 5.69 Å². The molecule has 21 heavy (non-hydrogen) atoms. The van der Waals surface area contributed by atoms with E-state index in [9.17, 15) is 13.6 Å². The second-order valence-electron chi connectivity index (χ2n) is 4.17. The van der Waals surface area contributed by atoms with Crippen LogP contribution in [-0.2, 0) is 0 Å². The van der Waals surface area contributed by atoms with Gasteiger partial charge >= 0.3 is 5.69 Å². The summed E-state index contributed by atoms with van der Waals surface area (Å²) < 4.78 is 30.2. The van der Waals surface area contributed by atoms with E-state index in [1.54, 1.807) is 12.1 Å². The summed E-state index contributed by atoms with van der Waals surface area (Å²) in [4.78, 5) is 12.2. The Bertz CT molecular complexity index is 971. The third kappa shape index (κ3) is 2.11. The van der Waals surface area contributed by atoms with Crippen LogP contribution in [0.2, 0.25) is 0 Å². The van der Waals surface area contributed by atoms with Gasteiger partial charge in [-0.15, -0.1) is 5.10 Å². The quantitative estimate of drug-likeness (QED) is 0.676. The molecule has 0 N–H and O–H groups in total. The van der Waals surface area contributed by atoms with Crippen molar-refractivity contribution in [2.24, 2.45) is 0 Å². The molecule has 0 unspecified atom stereocenters. The maximum atomic E-state index is 14.0. The normalized spacial score (nSPS) is 10.8. The first-order chi connectivity index (χ1) is 10.0. The lowest BCUT2D eigenvalue weighted by molar-refractivity contribution is 0.582. The molecule has 0 radical (unpaired) electrons. The number of hydrogen-bond acceptors (Lipinski definition) is 3. The lowest BCUT2D eigenvalue weighted by Crippen LogP contribution is -2.20. The summed E-state index contributed by atoms with van der Waals surface area (Å²) in [7, 11) is 0. The van der Waals surface area contributed by atoms with Crippen molar-refractivity contribution in [3.05, 3.63) is 62.6 Å². The molecule has 8 heteroatoms. The van der Waals surface area contributed by atoms with Gasteiger partial charge in [0.2, 0.25) is 0 Å². The largest absolute Gasteiger partial charge is 0.355 e. The second-order valence-corrected chi connectivity index (χ2v) is 5.08. The molecule has 2 heterocycles. The molecule has 5 nitrogen and oxygen atoms in total. The average Bonchev–Trinajstić information content (AvgIpc) is 2.78. The highest BCUT2D eigenvalue weighted by molar-refractivity contribution is 9.10. The van der Waals surface area contributed by atoms with Crippen molar-refractivity contribution in [2.75, 3.05) is 0 Å². The Morgan fingerprint density at radius 2 is 2.00 bits per heavy atom. The van der Waals surface area contributed by atoms with Gasteiger partial charge in [0.1, 0.15) is 17.6 Å². The number of aromatic nitrogens is 3. The smallest absolute Gasteiger partial charge is 0.249 e. The molecule has 0 fully saturated rings. The Kier molecular flexibility index (Phi) is 3.07. The van der Waals surface area contributed by atoms with Gasteiger partial charge in [-0.3, -0.25) is 0 Å². The summed E-state index contributed by atoms with van der Waals surface area (Å²) >= 11 is 3.21. The molecule has 0 aliphatic carbocycles. The molecule has 0 saturated carbocycles. The minimum Gasteiger partial charge on any atom is -0.249 e. The number of nitriles is 1. The Morgan fingerprint density at radius 1 is 1.24 bits per heavy atom. The molecule has 3 aromatic rings. The number of hydrogen-bond donors (Lipinski definition) is 0. The first kappa shape index (κ1) is 13.5. The zero-order chi connectivity index (χ0) is 15.1. The second kappa shape index (κ2) is 4.79. The van der Waals surface area contributed by atoms with Gasteiger partial charge in [0.25, 0.3) is 0 Å². The van der Waals surface area contributed by atoms with E-state index in [0.29, 0.717) is 4.47 Å². The minimum atomic E-state index is -0.918. The van der Waals surface area contributed by atoms with Crippen molar-refractivity contribution in [1.29, 1.82) is 5.26 Å². The highest BCUT2D eigenvalue weighted by Gasteiger charge is 2.16. The van der Waals surface area contributed by atoms with E-state index in [-0.39, 0.29) is 11.3 Å². The van der Waals surface area contributed by atoms with Gasteiger partial charge in [0.05, 0.1) is 5.56 Å². The van der Waals surface area contributed by atoms with E-state index in [0.717, 1.165) is 16.8 Å². The molecule has 1 aromatic carbocycles. The SMILES string of the molecule is N#Cc1cc(F)c(-n2nc3ccc(Br)cn3c2=O)cc1F. The van der Waals surface area contributed by atoms with Gasteiger partial charge in [-0.25, -0.2) is 18.0 Å². The molecule has 2 aromatic heterocycles. The molecule has 104 valence electrons. The van der Waals surface area contributed by atoms with E-state index in [1.807, 2.05) is 0 Å². The topological polar surface area (TPSA) is 63.1 Å². The minimum absolute atomic E-state index is 0.285. The van der Waals surface area contributed by atoms with Crippen molar-refractivity contribution >= 4 is 21.6 Å². The fourth-order valence-corrected chi connectivity index (χ4v) is 2.23. The van der Waals surface area contributed by atoms with Crippen LogP contribution in [-0.4, -0.2) is 14.2 Å². The maximum Gasteiger partial charge on any atom is 0.355 e. The van der Waals surface area contributed by atoms with Crippen molar-refractivity contribution < 1.29 is 8.78 Å². The summed E-state index contributed by atoms with van der Waals surface area (Å²) in [6.07, 6.45) is 1.47. The lowest BCUT2D eigenvalue weighted by atomic mass is 10.2. The van der Waals surface area contributed by atoms with Crippen molar-refractivity contribution in [3.63, 3.8) is 0 Å². The van der Waals surface area contributed by atoms with Crippen LogP contribution >= 0.6 is 15.9 Å². The fourth-order valence-electron chi connectivity index (χ4n) is 1.89. The van der Waals surface area contributed by atoms with Crippen molar-refractivity contribution in [3.8, 4) is 11.8 Å². The van der Waals surface area contributed by atoms with Gasteiger partial charge in [-0.1, -0.05) is 0 Å². The predicted octanol–water partition coefficient (Wildman–Crippen LogP) is 2.40. The monoisotopic (exact) mass is 350 g/mol. The van der Waals surface area contributed by atoms with Gasteiger partial charge in [-0.05, 0) is 34.1 Å². The number of pyridine rings is 1. The Morgan fingerprint density at radius 3 is 2.71 bits per heavy atom. The summed E-state index contributed by atoms with van der Waals surface area (Å²) in [5.74, 6) is -1.82. The third-order valence-corrected chi connectivity index (χ3v) is 3.33. The van der Waals surface area contributed by atoms with Crippen LogP contribution in [0.1, 0.15) is 5.56 Å². The lowest BCUT2D eigenvalue weighted by Gasteiger charge is -2.02. The van der Waals surface area contributed by atoms with Crippen LogP contribution in [0.5, 0.6) is 0 Å². The number of rotatable bonds is 1. The molecule has 0 saturated heterocycles. The van der Waals surface area contributed by atoms with Gasteiger partial charge in [0, 0.05) is 16.7 Å². The first-order valence-corrected chi connectivity index (χ1v) is 6.47. The summed E-state index contributed by atoms with van der Waals surface area (Å²) in [5.41, 5.74) is -1.14. The van der Waals surface area contributed by atoms with Crippen LogP contribution in [0.15, 0.2) is 39.7 Å². The van der Waals surface area contributed by atoms with E-state index in [4.69, 9.17) is 5.26 Å². The number of benzene rings is 1. The molecule has 0 aliphatic rings. The van der Waals surface area contributed by atoms with E-state index >= 15 is 0 Å². The number of halogens is 3. The number of fused-ring (bicyclic) bond motifs is 1. The average molecular weight is 351 g/mol. The highest BCUT2D eigenvalue weighted by atomic mass is 79.9. The van der Waals surface area contributed by atoms with Crippen molar-refractivity contribution in [1.82, 2.24) is 14.2 Å². The molecule has 0 amide bonds. The maximum absolute atomic E-state index is 14.0. The van der Waals surface area contributed by atoms with Crippen LogP contribution in [0, 0.1) is 23.0 Å². The highest BCUT2D eigenvalue weighted by Crippen LogP contribution is 2.17. The molecule has 3 rings (SSSR count). The van der Waals surface area contributed by atoms with E-state index in [2.05, 4.69) is 21.0 Å². The van der Waals surface area contributed by atoms with Crippen LogP contribution in [0.4, 0.5) is 8.78 Å². The fraction of sp³-hybridized carbons (Fsp3) is 0. The zero-order valence-corrected chi connectivity index (χ0v) is 11.8. The van der Waals surface area contributed by atoms with Gasteiger partial charge in [0.15, 0.2) is 11.5 Å². The first-order valence-electron chi connectivity index (χ1n) is 5.67. The Balaban J connectivity index is 2.31. The van der Waals surface area contributed by atoms with Gasteiger partial charge in [-0.2, -0.15) is 9.94 Å².